The van der Waals surface area contributed by atoms with Crippen molar-refractivity contribution in [2.45, 2.75) is 32.6 Å². The molecule has 3 fully saturated rings. The van der Waals surface area contributed by atoms with Crippen LogP contribution in [0.15, 0.2) is 24.3 Å². The van der Waals surface area contributed by atoms with Gasteiger partial charge in [0.1, 0.15) is 0 Å². The number of amides is 2. The van der Waals surface area contributed by atoms with Gasteiger partial charge in [0.25, 0.3) is 0 Å². The number of carbonyl (C=O) groups is 2. The summed E-state index contributed by atoms with van der Waals surface area (Å²) in [6.45, 7) is 8.52. The standard InChI is InChI=1S/C16H19N3O2.C2H6/c20-14-6-5-13(15(21)18-14)11-1-3-12(4-2-11)19-9-16(10-19)7-17-8-16;1-2/h1-4,13,17H,5-10H2,(H,18,20,21);1-2H3. The molecule has 1 aromatic carbocycles. The average Bonchev–Trinajstić information content (AvgIpc) is 2.47. The van der Waals surface area contributed by atoms with E-state index < -0.39 is 0 Å². The lowest BCUT2D eigenvalue weighted by molar-refractivity contribution is -0.134. The summed E-state index contributed by atoms with van der Waals surface area (Å²) < 4.78 is 0. The zero-order valence-electron chi connectivity index (χ0n) is 13.9. The molecule has 5 heteroatoms. The number of imide groups is 1. The summed E-state index contributed by atoms with van der Waals surface area (Å²) in [7, 11) is 0. The minimum Gasteiger partial charge on any atom is -0.370 e. The van der Waals surface area contributed by atoms with Crippen molar-refractivity contribution in [3.05, 3.63) is 29.8 Å². The van der Waals surface area contributed by atoms with Gasteiger partial charge >= 0.3 is 0 Å². The molecule has 0 bridgehead atoms. The molecule has 0 aromatic heterocycles. The molecule has 1 aromatic rings. The fourth-order valence-electron chi connectivity index (χ4n) is 3.58. The molecule has 2 N–H and O–H groups in total. The van der Waals surface area contributed by atoms with Crippen molar-refractivity contribution < 1.29 is 9.59 Å². The second-order valence-electron chi connectivity index (χ2n) is 6.55. The summed E-state index contributed by atoms with van der Waals surface area (Å²) in [5.74, 6) is -0.509. The maximum absolute atomic E-state index is 11.9. The first-order valence-corrected chi connectivity index (χ1v) is 8.55. The maximum Gasteiger partial charge on any atom is 0.234 e. The molecule has 1 atom stereocenters. The van der Waals surface area contributed by atoms with Gasteiger partial charge in [-0.1, -0.05) is 26.0 Å². The Hall–Kier alpha value is -1.88. The Bertz CT molecular complexity index is 585. The van der Waals surface area contributed by atoms with Crippen LogP contribution in [0.1, 0.15) is 38.2 Å². The number of piperidine rings is 1. The van der Waals surface area contributed by atoms with Crippen molar-refractivity contribution in [1.29, 1.82) is 0 Å². The number of benzene rings is 1. The van der Waals surface area contributed by atoms with Crippen LogP contribution in [-0.4, -0.2) is 38.0 Å². The van der Waals surface area contributed by atoms with Crippen molar-refractivity contribution in [2.75, 3.05) is 31.1 Å². The number of anilines is 1. The van der Waals surface area contributed by atoms with Gasteiger partial charge in [-0.05, 0) is 24.1 Å². The van der Waals surface area contributed by atoms with Crippen LogP contribution in [0.3, 0.4) is 0 Å². The van der Waals surface area contributed by atoms with Crippen LogP contribution in [0.5, 0.6) is 0 Å². The smallest absolute Gasteiger partial charge is 0.234 e. The molecular weight excluding hydrogens is 290 g/mol. The SMILES string of the molecule is CC.O=C1CCC(c2ccc(N3CC4(CNC4)C3)cc2)C(=O)N1. The lowest BCUT2D eigenvalue weighted by Gasteiger charge is -2.57. The molecule has 0 radical (unpaired) electrons. The van der Waals surface area contributed by atoms with Crippen LogP contribution in [0.4, 0.5) is 5.69 Å². The van der Waals surface area contributed by atoms with E-state index in [0.29, 0.717) is 18.3 Å². The van der Waals surface area contributed by atoms with E-state index in [2.05, 4.69) is 27.7 Å². The first kappa shape index (κ1) is 16.0. The van der Waals surface area contributed by atoms with E-state index in [1.807, 2.05) is 26.0 Å². The van der Waals surface area contributed by atoms with Gasteiger partial charge in [-0.2, -0.15) is 0 Å². The van der Waals surface area contributed by atoms with Crippen LogP contribution in [0.2, 0.25) is 0 Å². The molecule has 4 rings (SSSR count). The molecule has 3 aliphatic rings. The van der Waals surface area contributed by atoms with E-state index in [1.165, 1.54) is 5.69 Å². The highest BCUT2D eigenvalue weighted by atomic mass is 16.2. The monoisotopic (exact) mass is 315 g/mol. The summed E-state index contributed by atoms with van der Waals surface area (Å²) in [4.78, 5) is 25.4. The van der Waals surface area contributed by atoms with E-state index in [0.717, 1.165) is 31.7 Å². The van der Waals surface area contributed by atoms with Gasteiger partial charge in [0, 0.05) is 43.7 Å². The first-order chi connectivity index (χ1) is 11.2. The van der Waals surface area contributed by atoms with Crippen LogP contribution in [0.25, 0.3) is 0 Å². The minimum atomic E-state index is -0.185. The third-order valence-electron chi connectivity index (χ3n) is 4.95. The second kappa shape index (κ2) is 6.32. The normalized spacial score (nSPS) is 25.0. The van der Waals surface area contributed by atoms with Gasteiger partial charge in [-0.25, -0.2) is 0 Å². The quantitative estimate of drug-likeness (QED) is 0.815. The maximum atomic E-state index is 11.9. The Morgan fingerprint density at radius 2 is 1.74 bits per heavy atom. The third kappa shape index (κ3) is 2.98. The number of nitrogens with zero attached hydrogens (tertiary/aromatic N) is 1. The largest absolute Gasteiger partial charge is 0.370 e. The molecule has 0 saturated carbocycles. The molecule has 124 valence electrons. The highest BCUT2D eigenvalue weighted by Crippen LogP contribution is 2.37. The van der Waals surface area contributed by atoms with Crippen molar-refractivity contribution in [1.82, 2.24) is 10.6 Å². The predicted octanol–water partition coefficient (Wildman–Crippen LogP) is 1.64. The van der Waals surface area contributed by atoms with E-state index in [1.54, 1.807) is 0 Å². The molecule has 2 amide bonds. The topological polar surface area (TPSA) is 61.4 Å². The number of hydrogen-bond donors (Lipinski definition) is 2. The molecule has 0 aliphatic carbocycles. The highest BCUT2D eigenvalue weighted by molar-refractivity contribution is 6.00. The van der Waals surface area contributed by atoms with Gasteiger partial charge in [-0.3, -0.25) is 14.9 Å². The Kier molecular flexibility index (Phi) is 4.39. The van der Waals surface area contributed by atoms with E-state index in [4.69, 9.17) is 0 Å². The van der Waals surface area contributed by atoms with Crippen molar-refractivity contribution in [3.8, 4) is 0 Å². The number of carbonyl (C=O) groups excluding carboxylic acids is 2. The van der Waals surface area contributed by atoms with Gasteiger partial charge in [0.15, 0.2) is 0 Å². The Labute approximate surface area is 137 Å². The summed E-state index contributed by atoms with van der Waals surface area (Å²) in [6.07, 6.45) is 1.04. The van der Waals surface area contributed by atoms with Gasteiger partial charge in [0.2, 0.25) is 11.8 Å². The Morgan fingerprint density at radius 3 is 2.26 bits per heavy atom. The molecule has 1 spiro atoms. The third-order valence-corrected chi connectivity index (χ3v) is 4.95. The molecular formula is C18H25N3O2. The van der Waals surface area contributed by atoms with Crippen LogP contribution in [0, 0.1) is 5.41 Å². The first-order valence-electron chi connectivity index (χ1n) is 8.55. The molecule has 5 nitrogen and oxygen atoms in total. The minimum absolute atomic E-state index is 0.159. The molecule has 3 heterocycles. The van der Waals surface area contributed by atoms with E-state index in [9.17, 15) is 9.59 Å². The lowest BCUT2D eigenvalue weighted by atomic mass is 9.74. The summed E-state index contributed by atoms with van der Waals surface area (Å²) >= 11 is 0. The summed E-state index contributed by atoms with van der Waals surface area (Å²) in [6, 6.07) is 8.24. The van der Waals surface area contributed by atoms with Gasteiger partial charge in [-0.15, -0.1) is 0 Å². The zero-order chi connectivity index (χ0) is 16.4. The Morgan fingerprint density at radius 1 is 1.09 bits per heavy atom. The van der Waals surface area contributed by atoms with E-state index in [-0.39, 0.29) is 17.7 Å². The van der Waals surface area contributed by atoms with E-state index >= 15 is 0 Å². The number of rotatable bonds is 2. The number of hydrogen-bond acceptors (Lipinski definition) is 4. The average molecular weight is 315 g/mol. The zero-order valence-corrected chi connectivity index (χ0v) is 13.9. The fraction of sp³-hybridized carbons (Fsp3) is 0.556. The van der Waals surface area contributed by atoms with Gasteiger partial charge in [0.05, 0.1) is 5.92 Å². The Balaban J connectivity index is 0.000000753. The van der Waals surface area contributed by atoms with Crippen molar-refractivity contribution >= 4 is 17.5 Å². The van der Waals surface area contributed by atoms with Gasteiger partial charge < -0.3 is 10.2 Å². The van der Waals surface area contributed by atoms with Crippen LogP contribution in [-0.2, 0) is 9.59 Å². The fourth-order valence-corrected chi connectivity index (χ4v) is 3.58. The summed E-state index contributed by atoms with van der Waals surface area (Å²) in [5, 5.41) is 5.76. The summed E-state index contributed by atoms with van der Waals surface area (Å²) in [5.41, 5.74) is 2.75. The van der Waals surface area contributed by atoms with Crippen molar-refractivity contribution in [3.63, 3.8) is 0 Å². The van der Waals surface area contributed by atoms with Crippen molar-refractivity contribution in [2.24, 2.45) is 5.41 Å². The second-order valence-corrected chi connectivity index (χ2v) is 6.55. The molecule has 23 heavy (non-hydrogen) atoms. The molecule has 3 saturated heterocycles. The van der Waals surface area contributed by atoms with Crippen LogP contribution >= 0.6 is 0 Å². The predicted molar refractivity (Wildman–Crippen MR) is 90.4 cm³/mol. The molecule has 3 aliphatic heterocycles. The van der Waals surface area contributed by atoms with Crippen LogP contribution < -0.4 is 15.5 Å². The lowest BCUT2D eigenvalue weighted by Crippen LogP contribution is -2.71. The number of nitrogens with one attached hydrogen (secondary N) is 2. The highest BCUT2D eigenvalue weighted by Gasteiger charge is 2.47. The molecule has 1 unspecified atom stereocenters.